The van der Waals surface area contributed by atoms with Gasteiger partial charge in [-0.3, -0.25) is 28.8 Å². The monoisotopic (exact) mass is 726 g/mol. The van der Waals surface area contributed by atoms with Crippen molar-refractivity contribution in [2.45, 2.75) is 98.8 Å². The lowest BCUT2D eigenvalue weighted by Gasteiger charge is -2.37. The van der Waals surface area contributed by atoms with Crippen LogP contribution in [0.4, 0.5) is 4.79 Å². The molecule has 1 heterocycles. The van der Waals surface area contributed by atoms with Crippen LogP contribution in [0.5, 0.6) is 0 Å². The van der Waals surface area contributed by atoms with Crippen molar-refractivity contribution in [3.63, 3.8) is 0 Å². The van der Waals surface area contributed by atoms with Gasteiger partial charge in [-0.1, -0.05) is 98.6 Å². The Morgan fingerprint density at radius 3 is 2.17 bits per heavy atom. The number of ether oxygens (including phenoxy) is 1. The molecular formula is C38H58N6O8. The van der Waals surface area contributed by atoms with Crippen LogP contribution in [-0.2, 0) is 33.5 Å². The number of hydrogen-bond acceptors (Lipinski definition) is 8. The average molecular weight is 727 g/mol. The van der Waals surface area contributed by atoms with E-state index in [1.165, 1.54) is 9.80 Å². The number of piperidine rings is 1. The molecule has 2 fully saturated rings. The normalized spacial score (nSPS) is 20.4. The standard InChI is InChI=1S/C38H58N6O8/c1-11-12-18-25(30(46)33(48)39-19-26(45)41-28(34(49)43(9)10)23-16-14-13-15-17-23)40-32(47)29-27-24(38(27,7)8)20-44(29)35(50)31(37(4,5)6)42-36(51)52-21-22(2)3/h13-17,22,24-25,27-29,31H,11-12,18-21H2,1-10H3,(H,39,48)(H,40,47)(H,41,45)(H,42,51). The number of likely N-dealkylation sites (N-methyl/N-ethyl adjacent to an activating group) is 1. The second-order valence-electron chi connectivity index (χ2n) is 16.2. The number of carbonyl (C=O) groups is 7. The summed E-state index contributed by atoms with van der Waals surface area (Å²) in [5.74, 6) is -4.09. The molecule has 1 saturated carbocycles. The van der Waals surface area contributed by atoms with Crippen LogP contribution in [-0.4, -0.2) is 103 Å². The number of rotatable bonds is 16. The van der Waals surface area contributed by atoms with Crippen molar-refractivity contribution in [3.05, 3.63) is 35.9 Å². The van der Waals surface area contributed by atoms with Gasteiger partial charge in [0.1, 0.15) is 18.1 Å². The Morgan fingerprint density at radius 2 is 1.62 bits per heavy atom. The van der Waals surface area contributed by atoms with Crippen molar-refractivity contribution in [1.29, 1.82) is 0 Å². The predicted molar refractivity (Wildman–Crippen MR) is 194 cm³/mol. The number of nitrogens with zero attached hydrogens (tertiary/aromatic N) is 2. The minimum Gasteiger partial charge on any atom is -0.449 e. The molecule has 0 spiro atoms. The summed E-state index contributed by atoms with van der Waals surface area (Å²) in [6.07, 6.45) is 0.648. The first kappa shape index (κ1) is 41.9. The van der Waals surface area contributed by atoms with Crippen molar-refractivity contribution in [1.82, 2.24) is 31.1 Å². The zero-order valence-electron chi connectivity index (χ0n) is 32.3. The molecule has 0 bridgehead atoms. The van der Waals surface area contributed by atoms with E-state index in [1.807, 2.05) is 55.4 Å². The number of Topliss-reactive ketones (excluding diaryl/α,β-unsaturated/α-hetero) is 1. The van der Waals surface area contributed by atoms with Crippen molar-refractivity contribution < 1.29 is 38.3 Å². The maximum Gasteiger partial charge on any atom is 0.407 e. The third-order valence-electron chi connectivity index (χ3n) is 9.92. The molecule has 3 rings (SSSR count). The van der Waals surface area contributed by atoms with E-state index < -0.39 is 71.6 Å². The molecular weight excluding hydrogens is 668 g/mol. The first-order valence-electron chi connectivity index (χ1n) is 18.1. The number of alkyl carbamates (subject to hydrolysis) is 1. The molecule has 2 aliphatic rings. The van der Waals surface area contributed by atoms with E-state index in [0.717, 1.165) is 0 Å². The van der Waals surface area contributed by atoms with Crippen LogP contribution < -0.4 is 21.3 Å². The Balaban J connectivity index is 1.74. The Bertz CT molecular complexity index is 1490. The summed E-state index contributed by atoms with van der Waals surface area (Å²) in [5, 5.41) is 10.4. The lowest BCUT2D eigenvalue weighted by Crippen LogP contribution is -2.60. The first-order valence-corrected chi connectivity index (χ1v) is 18.1. The summed E-state index contributed by atoms with van der Waals surface area (Å²) >= 11 is 0. The van der Waals surface area contributed by atoms with Crippen molar-refractivity contribution in [2.24, 2.45) is 28.6 Å². The van der Waals surface area contributed by atoms with E-state index in [1.54, 1.807) is 44.4 Å². The molecule has 1 aromatic carbocycles. The van der Waals surface area contributed by atoms with E-state index in [9.17, 15) is 33.6 Å². The summed E-state index contributed by atoms with van der Waals surface area (Å²) in [5.41, 5.74) is -0.406. The van der Waals surface area contributed by atoms with Crippen LogP contribution in [0.25, 0.3) is 0 Å². The van der Waals surface area contributed by atoms with Gasteiger partial charge in [0.25, 0.3) is 5.91 Å². The second kappa shape index (κ2) is 17.4. The van der Waals surface area contributed by atoms with Crippen LogP contribution in [0, 0.1) is 28.6 Å². The van der Waals surface area contributed by atoms with Crippen molar-refractivity contribution >= 4 is 41.4 Å². The molecule has 1 saturated heterocycles. The topological polar surface area (TPSA) is 183 Å². The molecule has 6 unspecified atom stereocenters. The van der Waals surface area contributed by atoms with Gasteiger partial charge in [0.05, 0.1) is 19.2 Å². The lowest BCUT2D eigenvalue weighted by atomic mass is 9.85. The number of likely N-dealkylation sites (tertiary alicyclic amines) is 1. The molecule has 1 aromatic rings. The molecule has 1 aliphatic carbocycles. The Labute approximate surface area is 307 Å². The van der Waals surface area contributed by atoms with Crippen molar-refractivity contribution in [2.75, 3.05) is 33.8 Å². The number of nitrogens with one attached hydrogen (secondary N) is 4. The summed E-state index contributed by atoms with van der Waals surface area (Å²) in [6, 6.07) is 4.51. The zero-order chi connectivity index (χ0) is 39.1. The van der Waals surface area contributed by atoms with E-state index in [2.05, 4.69) is 21.3 Å². The number of ketones is 1. The third kappa shape index (κ3) is 10.3. The maximum absolute atomic E-state index is 14.1. The summed E-state index contributed by atoms with van der Waals surface area (Å²) in [4.78, 5) is 96.0. The van der Waals surface area contributed by atoms with Gasteiger partial charge < -0.3 is 35.8 Å². The van der Waals surface area contributed by atoms with Gasteiger partial charge in [-0.2, -0.15) is 0 Å². The fraction of sp³-hybridized carbons (Fsp3) is 0.658. The first-order chi connectivity index (χ1) is 24.2. The number of fused-ring (bicyclic) bond motifs is 1. The number of benzene rings is 1. The molecule has 0 radical (unpaired) electrons. The smallest absolute Gasteiger partial charge is 0.407 e. The Hall–Kier alpha value is -4.49. The molecule has 14 nitrogen and oxygen atoms in total. The Kier molecular flexibility index (Phi) is 14.0. The minimum atomic E-state index is -1.21. The van der Waals surface area contributed by atoms with Gasteiger partial charge >= 0.3 is 6.09 Å². The molecule has 0 aromatic heterocycles. The van der Waals surface area contributed by atoms with Crippen LogP contribution in [0.1, 0.15) is 86.3 Å². The highest BCUT2D eigenvalue weighted by atomic mass is 16.5. The molecule has 14 heteroatoms. The fourth-order valence-electron chi connectivity index (χ4n) is 6.77. The fourth-order valence-corrected chi connectivity index (χ4v) is 6.77. The van der Waals surface area contributed by atoms with E-state index in [4.69, 9.17) is 4.74 Å². The predicted octanol–water partition coefficient (Wildman–Crippen LogP) is 2.57. The molecule has 4 N–H and O–H groups in total. The molecule has 1 aliphatic heterocycles. The SMILES string of the molecule is CCCCC(NC(=O)C1C2C(CN1C(=O)C(NC(=O)OCC(C)C)C(C)(C)C)C2(C)C)C(=O)C(=O)NCC(=O)NC(C(=O)N(C)C)c1ccccc1. The maximum atomic E-state index is 14.1. The van der Waals surface area contributed by atoms with Gasteiger partial charge in [0.15, 0.2) is 0 Å². The van der Waals surface area contributed by atoms with E-state index in [0.29, 0.717) is 24.9 Å². The molecule has 288 valence electrons. The highest BCUT2D eigenvalue weighted by Crippen LogP contribution is 2.65. The van der Waals surface area contributed by atoms with Gasteiger partial charge in [0, 0.05) is 20.6 Å². The quantitative estimate of drug-likeness (QED) is 0.188. The van der Waals surface area contributed by atoms with Gasteiger partial charge in [-0.15, -0.1) is 0 Å². The molecule has 6 amide bonds. The summed E-state index contributed by atoms with van der Waals surface area (Å²) < 4.78 is 5.29. The third-order valence-corrected chi connectivity index (χ3v) is 9.92. The lowest BCUT2D eigenvalue weighted by molar-refractivity contribution is -0.145. The summed E-state index contributed by atoms with van der Waals surface area (Å²) in [7, 11) is 3.12. The highest BCUT2D eigenvalue weighted by molar-refractivity contribution is 6.38. The van der Waals surface area contributed by atoms with Crippen LogP contribution in [0.15, 0.2) is 30.3 Å². The number of unbranched alkanes of at least 4 members (excludes halogenated alkanes) is 1. The number of amides is 6. The van der Waals surface area contributed by atoms with Gasteiger partial charge in [-0.25, -0.2) is 4.79 Å². The van der Waals surface area contributed by atoms with Crippen LogP contribution >= 0.6 is 0 Å². The molecule has 6 atom stereocenters. The molecule has 52 heavy (non-hydrogen) atoms. The summed E-state index contributed by atoms with van der Waals surface area (Å²) in [6.45, 7) is 15.1. The van der Waals surface area contributed by atoms with Crippen LogP contribution in [0.2, 0.25) is 0 Å². The average Bonchev–Trinajstić information content (AvgIpc) is 3.38. The Morgan fingerprint density at radius 1 is 0.981 bits per heavy atom. The van der Waals surface area contributed by atoms with E-state index >= 15 is 0 Å². The highest BCUT2D eigenvalue weighted by Gasteiger charge is 2.70. The van der Waals surface area contributed by atoms with Crippen LogP contribution in [0.3, 0.4) is 0 Å². The number of carbonyl (C=O) groups excluding carboxylic acids is 7. The van der Waals surface area contributed by atoms with Crippen molar-refractivity contribution in [3.8, 4) is 0 Å². The zero-order valence-corrected chi connectivity index (χ0v) is 32.3. The minimum absolute atomic E-state index is 0.0337. The van der Waals surface area contributed by atoms with E-state index in [-0.39, 0.29) is 42.1 Å². The van der Waals surface area contributed by atoms with Gasteiger partial charge in [-0.05, 0) is 40.6 Å². The largest absolute Gasteiger partial charge is 0.449 e. The number of hydrogen-bond donors (Lipinski definition) is 4. The van der Waals surface area contributed by atoms with Gasteiger partial charge in [0.2, 0.25) is 29.4 Å². The second-order valence-corrected chi connectivity index (χ2v) is 16.2.